The number of hydrogen-bond donors (Lipinski definition) is 1. The van der Waals surface area contributed by atoms with Crippen LogP contribution < -0.4 is 10.2 Å². The third-order valence-corrected chi connectivity index (χ3v) is 5.67. The lowest BCUT2D eigenvalue weighted by molar-refractivity contribution is -0.120. The Morgan fingerprint density at radius 3 is 2.79 bits per heavy atom. The van der Waals surface area contributed by atoms with Crippen LogP contribution in [-0.2, 0) is 11.2 Å². The van der Waals surface area contributed by atoms with E-state index in [1.54, 1.807) is 6.33 Å². The number of piperidine rings is 1. The second kappa shape index (κ2) is 7.62. The number of aromatic nitrogens is 2. The molecule has 0 bridgehead atoms. The molecule has 0 aliphatic carbocycles. The fourth-order valence-electron chi connectivity index (χ4n) is 3.86. The van der Waals surface area contributed by atoms with Gasteiger partial charge in [0.1, 0.15) is 17.9 Å². The van der Waals surface area contributed by atoms with Gasteiger partial charge in [0.15, 0.2) is 0 Å². The van der Waals surface area contributed by atoms with Gasteiger partial charge >= 0.3 is 0 Å². The van der Waals surface area contributed by atoms with E-state index in [-0.39, 0.29) is 11.8 Å². The zero-order chi connectivity index (χ0) is 19.7. The first-order valence-corrected chi connectivity index (χ1v) is 9.92. The van der Waals surface area contributed by atoms with Gasteiger partial charge in [-0.1, -0.05) is 19.1 Å². The molecule has 1 aliphatic rings. The Kier molecular flexibility index (Phi) is 5.03. The number of benzene rings is 1. The highest BCUT2D eigenvalue weighted by atomic mass is 16.3. The van der Waals surface area contributed by atoms with Crippen LogP contribution in [0.5, 0.6) is 0 Å². The van der Waals surface area contributed by atoms with Crippen molar-refractivity contribution in [1.82, 2.24) is 9.97 Å². The molecule has 0 spiro atoms. The summed E-state index contributed by atoms with van der Waals surface area (Å²) < 4.78 is 5.75. The fraction of sp³-hybridized carbons (Fsp3) is 0.409. The lowest BCUT2D eigenvalue weighted by atomic mass is 9.96. The first-order chi connectivity index (χ1) is 13.6. The maximum atomic E-state index is 12.8. The molecule has 6 nitrogen and oxygen atoms in total. The number of carbonyl (C=O) groups excluding carboxylic acids is 1. The molecule has 4 rings (SSSR count). The van der Waals surface area contributed by atoms with Crippen molar-refractivity contribution in [3.63, 3.8) is 0 Å². The monoisotopic (exact) mass is 378 g/mol. The third-order valence-electron chi connectivity index (χ3n) is 5.67. The van der Waals surface area contributed by atoms with Crippen LogP contribution in [0, 0.1) is 19.8 Å². The number of fused-ring (bicyclic) bond motifs is 1. The SMILES string of the molecule is CCc1ccc(NC(=O)C2CCCN(c3ncnc4oc(C)c(C)c34)C2)cc1. The van der Waals surface area contributed by atoms with Crippen LogP contribution in [0.25, 0.3) is 11.1 Å². The van der Waals surface area contributed by atoms with Gasteiger partial charge < -0.3 is 14.6 Å². The zero-order valence-corrected chi connectivity index (χ0v) is 16.7. The molecule has 1 N–H and O–H groups in total. The zero-order valence-electron chi connectivity index (χ0n) is 16.7. The first kappa shape index (κ1) is 18.5. The number of amides is 1. The number of furan rings is 1. The maximum absolute atomic E-state index is 12.8. The van der Waals surface area contributed by atoms with Gasteiger partial charge in [-0.25, -0.2) is 9.97 Å². The molecule has 146 valence electrons. The summed E-state index contributed by atoms with van der Waals surface area (Å²) in [6.07, 6.45) is 4.37. The van der Waals surface area contributed by atoms with E-state index in [9.17, 15) is 4.79 Å². The van der Waals surface area contributed by atoms with E-state index in [4.69, 9.17) is 4.42 Å². The standard InChI is InChI=1S/C22H26N4O2/c1-4-16-7-9-18(10-8-16)25-21(27)17-6-5-11-26(12-17)20-19-14(2)15(3)28-22(19)24-13-23-20/h7-10,13,17H,4-6,11-12H2,1-3H3,(H,25,27). The van der Waals surface area contributed by atoms with E-state index in [0.29, 0.717) is 12.3 Å². The van der Waals surface area contributed by atoms with Gasteiger partial charge in [-0.15, -0.1) is 0 Å². The molecule has 3 heterocycles. The summed E-state index contributed by atoms with van der Waals surface area (Å²) >= 11 is 0. The Morgan fingerprint density at radius 2 is 2.04 bits per heavy atom. The van der Waals surface area contributed by atoms with Gasteiger partial charge in [0.2, 0.25) is 11.6 Å². The topological polar surface area (TPSA) is 71.3 Å². The quantitative estimate of drug-likeness (QED) is 0.735. The Hall–Kier alpha value is -2.89. The lowest BCUT2D eigenvalue weighted by Crippen LogP contribution is -2.41. The smallest absolute Gasteiger partial charge is 0.231 e. The van der Waals surface area contributed by atoms with Crippen molar-refractivity contribution in [2.24, 2.45) is 5.92 Å². The normalized spacial score (nSPS) is 17.1. The molecular weight excluding hydrogens is 352 g/mol. The maximum Gasteiger partial charge on any atom is 0.231 e. The number of nitrogens with zero attached hydrogens (tertiary/aromatic N) is 3. The molecule has 6 heteroatoms. The van der Waals surface area contributed by atoms with Gasteiger partial charge in [0, 0.05) is 24.3 Å². The van der Waals surface area contributed by atoms with Gasteiger partial charge in [-0.3, -0.25) is 4.79 Å². The summed E-state index contributed by atoms with van der Waals surface area (Å²) in [4.78, 5) is 23.8. The second-order valence-corrected chi connectivity index (χ2v) is 7.49. The van der Waals surface area contributed by atoms with E-state index in [2.05, 4.69) is 39.2 Å². The number of carbonyl (C=O) groups is 1. The van der Waals surface area contributed by atoms with Crippen LogP contribution in [0.3, 0.4) is 0 Å². The van der Waals surface area contributed by atoms with Crippen LogP contribution in [0.2, 0.25) is 0 Å². The van der Waals surface area contributed by atoms with Crippen molar-refractivity contribution in [3.8, 4) is 0 Å². The summed E-state index contributed by atoms with van der Waals surface area (Å²) in [5.74, 6) is 1.72. The molecule has 0 saturated carbocycles. The second-order valence-electron chi connectivity index (χ2n) is 7.49. The molecule has 1 atom stereocenters. The molecule has 1 aromatic carbocycles. The molecule has 1 saturated heterocycles. The minimum Gasteiger partial charge on any atom is -0.443 e. The average Bonchev–Trinajstić information content (AvgIpc) is 3.02. The summed E-state index contributed by atoms with van der Waals surface area (Å²) in [6.45, 7) is 7.62. The molecule has 28 heavy (non-hydrogen) atoms. The fourth-order valence-corrected chi connectivity index (χ4v) is 3.86. The molecule has 0 radical (unpaired) electrons. The number of hydrogen-bond acceptors (Lipinski definition) is 5. The summed E-state index contributed by atoms with van der Waals surface area (Å²) in [5.41, 5.74) is 3.79. The highest BCUT2D eigenvalue weighted by Crippen LogP contribution is 2.32. The molecule has 3 aromatic rings. The van der Waals surface area contributed by atoms with E-state index in [0.717, 1.165) is 54.0 Å². The Bertz CT molecular complexity index is 994. The Labute approximate surface area is 165 Å². The van der Waals surface area contributed by atoms with E-state index in [1.165, 1.54) is 5.56 Å². The molecule has 1 aliphatic heterocycles. The molecule has 2 aromatic heterocycles. The summed E-state index contributed by atoms with van der Waals surface area (Å²) in [5, 5.41) is 4.03. The number of nitrogens with one attached hydrogen (secondary N) is 1. The van der Waals surface area contributed by atoms with Crippen molar-refractivity contribution in [2.45, 2.75) is 40.0 Å². The Morgan fingerprint density at radius 1 is 1.25 bits per heavy atom. The number of anilines is 2. The van der Waals surface area contributed by atoms with E-state index in [1.807, 2.05) is 26.0 Å². The van der Waals surface area contributed by atoms with Gasteiger partial charge in [0.25, 0.3) is 0 Å². The molecule has 1 fully saturated rings. The van der Waals surface area contributed by atoms with Gasteiger partial charge in [0.05, 0.1) is 11.3 Å². The van der Waals surface area contributed by atoms with Crippen LogP contribution in [-0.4, -0.2) is 29.0 Å². The van der Waals surface area contributed by atoms with Crippen LogP contribution >= 0.6 is 0 Å². The number of rotatable bonds is 4. The van der Waals surface area contributed by atoms with E-state index < -0.39 is 0 Å². The Balaban J connectivity index is 1.52. The lowest BCUT2D eigenvalue weighted by Gasteiger charge is -2.33. The minimum absolute atomic E-state index is 0.0688. The van der Waals surface area contributed by atoms with E-state index >= 15 is 0 Å². The molecular formula is C22H26N4O2. The predicted molar refractivity (Wildman–Crippen MR) is 111 cm³/mol. The van der Waals surface area contributed by atoms with Crippen molar-refractivity contribution < 1.29 is 9.21 Å². The highest BCUT2D eigenvalue weighted by Gasteiger charge is 2.28. The summed E-state index contributed by atoms with van der Waals surface area (Å²) in [6, 6.07) is 8.07. The van der Waals surface area contributed by atoms with Crippen LogP contribution in [0.15, 0.2) is 35.0 Å². The molecule has 1 unspecified atom stereocenters. The van der Waals surface area contributed by atoms with Crippen LogP contribution in [0.1, 0.15) is 36.7 Å². The third kappa shape index (κ3) is 3.46. The predicted octanol–water partition coefficient (Wildman–Crippen LogP) is 4.26. The average molecular weight is 378 g/mol. The van der Waals surface area contributed by atoms with Crippen molar-refractivity contribution >= 4 is 28.5 Å². The minimum atomic E-state index is -0.0714. The van der Waals surface area contributed by atoms with Gasteiger partial charge in [-0.2, -0.15) is 0 Å². The molecule has 1 amide bonds. The van der Waals surface area contributed by atoms with Crippen molar-refractivity contribution in [1.29, 1.82) is 0 Å². The highest BCUT2D eigenvalue weighted by molar-refractivity contribution is 5.94. The first-order valence-electron chi connectivity index (χ1n) is 9.92. The summed E-state index contributed by atoms with van der Waals surface area (Å²) in [7, 11) is 0. The van der Waals surface area contributed by atoms with Gasteiger partial charge in [-0.05, 0) is 50.8 Å². The van der Waals surface area contributed by atoms with Crippen molar-refractivity contribution in [3.05, 3.63) is 47.5 Å². The largest absolute Gasteiger partial charge is 0.443 e. The van der Waals surface area contributed by atoms with Crippen LogP contribution in [0.4, 0.5) is 11.5 Å². The van der Waals surface area contributed by atoms with Crippen molar-refractivity contribution in [2.75, 3.05) is 23.3 Å². The number of aryl methyl sites for hydroxylation is 3.